The van der Waals surface area contributed by atoms with E-state index in [9.17, 15) is 30.0 Å². The van der Waals surface area contributed by atoms with Crippen molar-refractivity contribution < 1.29 is 30.0 Å². The van der Waals surface area contributed by atoms with Crippen LogP contribution in [-0.2, 0) is 26.2 Å². The summed E-state index contributed by atoms with van der Waals surface area (Å²) in [6, 6.07) is 2.06. The van der Waals surface area contributed by atoms with E-state index in [-0.39, 0.29) is 18.1 Å². The highest BCUT2D eigenvalue weighted by atomic mass is 35.5. The fourth-order valence-electron chi connectivity index (χ4n) is 2.73. The van der Waals surface area contributed by atoms with Crippen LogP contribution < -0.4 is 5.14 Å². The van der Waals surface area contributed by atoms with Gasteiger partial charge in [0.2, 0.25) is 20.0 Å². The van der Waals surface area contributed by atoms with Gasteiger partial charge in [0.1, 0.15) is 4.90 Å². The molecule has 1 aliphatic heterocycles. The van der Waals surface area contributed by atoms with Crippen molar-refractivity contribution in [3.8, 4) is 0 Å². The highest BCUT2D eigenvalue weighted by Gasteiger charge is 2.36. The third kappa shape index (κ3) is 5.07. The molecule has 0 aromatic heterocycles. The Kier molecular flexibility index (Phi) is 5.74. The molecule has 0 spiro atoms. The number of hydrogen-bond donors (Lipinski definition) is 1. The number of benzene rings is 1. The normalized spacial score (nSPS) is 20.6. The molecule has 1 unspecified atom stereocenters. The lowest BCUT2D eigenvalue weighted by molar-refractivity contribution is -0.137. The van der Waals surface area contributed by atoms with Crippen LogP contribution in [0.2, 0.25) is 5.02 Å². The minimum atomic E-state index is -4.72. The lowest BCUT2D eigenvalue weighted by Crippen LogP contribution is -2.42. The summed E-state index contributed by atoms with van der Waals surface area (Å²) in [5.41, 5.74) is -1.13. The molecule has 1 saturated heterocycles. The van der Waals surface area contributed by atoms with Crippen LogP contribution in [0.1, 0.15) is 18.4 Å². The van der Waals surface area contributed by atoms with Crippen LogP contribution in [0.15, 0.2) is 23.1 Å². The molecule has 12 heteroatoms. The van der Waals surface area contributed by atoms with Gasteiger partial charge in [-0.2, -0.15) is 17.5 Å². The van der Waals surface area contributed by atoms with Gasteiger partial charge in [-0.15, -0.1) is 0 Å². The first-order chi connectivity index (χ1) is 11.3. The second-order valence-electron chi connectivity index (χ2n) is 5.84. The second kappa shape index (κ2) is 7.03. The lowest BCUT2D eigenvalue weighted by Gasteiger charge is -2.31. The van der Waals surface area contributed by atoms with Gasteiger partial charge in [0.25, 0.3) is 0 Å². The maximum atomic E-state index is 12.8. The van der Waals surface area contributed by atoms with Crippen molar-refractivity contribution in [2.24, 2.45) is 11.1 Å². The number of piperidine rings is 1. The molecule has 1 atom stereocenters. The third-order valence-corrected chi connectivity index (χ3v) is 7.11. The van der Waals surface area contributed by atoms with Crippen LogP contribution in [0.4, 0.5) is 13.2 Å². The van der Waals surface area contributed by atoms with E-state index in [1.165, 1.54) is 0 Å². The van der Waals surface area contributed by atoms with E-state index in [4.69, 9.17) is 16.7 Å². The minimum Gasteiger partial charge on any atom is -0.229 e. The first-order valence-corrected chi connectivity index (χ1v) is 10.7. The van der Waals surface area contributed by atoms with E-state index in [0.29, 0.717) is 25.0 Å². The molecule has 2 N–H and O–H groups in total. The highest BCUT2D eigenvalue weighted by Crippen LogP contribution is 2.35. The van der Waals surface area contributed by atoms with Gasteiger partial charge in [-0.05, 0) is 37.0 Å². The average molecular weight is 421 g/mol. The van der Waals surface area contributed by atoms with Crippen molar-refractivity contribution in [3.05, 3.63) is 28.8 Å². The minimum absolute atomic E-state index is 0.0655. The molecule has 2 rings (SSSR count). The van der Waals surface area contributed by atoms with Gasteiger partial charge in [-0.25, -0.2) is 22.0 Å². The molecule has 1 fully saturated rings. The van der Waals surface area contributed by atoms with E-state index in [0.717, 1.165) is 10.4 Å². The molecule has 0 aliphatic carbocycles. The van der Waals surface area contributed by atoms with E-state index in [1.807, 2.05) is 0 Å². The highest BCUT2D eigenvalue weighted by molar-refractivity contribution is 7.89. The molecule has 1 heterocycles. The van der Waals surface area contributed by atoms with Crippen molar-refractivity contribution in [2.75, 3.05) is 18.8 Å². The Morgan fingerprint density at radius 3 is 2.44 bits per heavy atom. The standard InChI is InChI=1S/C13H16ClF3N2O4S2/c14-11-4-3-10(13(15,16)17)6-12(11)25(22,23)19-5-1-2-9(7-19)8-24(18,20)21/h3-4,6,9H,1-2,5,7-8H2,(H2,18,20,21). The number of nitrogens with zero attached hydrogens (tertiary/aromatic N) is 1. The predicted molar refractivity (Wildman–Crippen MR) is 85.9 cm³/mol. The number of alkyl halides is 3. The maximum absolute atomic E-state index is 12.8. The predicted octanol–water partition coefficient (Wildman–Crippen LogP) is 2.05. The largest absolute Gasteiger partial charge is 0.416 e. The Labute approximate surface area is 148 Å². The van der Waals surface area contributed by atoms with Crippen molar-refractivity contribution in [2.45, 2.75) is 23.9 Å². The van der Waals surface area contributed by atoms with Crippen LogP contribution in [0.3, 0.4) is 0 Å². The zero-order valence-corrected chi connectivity index (χ0v) is 15.2. The summed E-state index contributed by atoms with van der Waals surface area (Å²) in [5.74, 6) is -0.918. The Bertz CT molecular complexity index is 857. The average Bonchev–Trinajstić information content (AvgIpc) is 2.44. The van der Waals surface area contributed by atoms with Gasteiger partial charge < -0.3 is 0 Å². The van der Waals surface area contributed by atoms with Crippen molar-refractivity contribution in [1.82, 2.24) is 4.31 Å². The second-order valence-corrected chi connectivity index (χ2v) is 9.82. The van der Waals surface area contributed by atoms with Crippen LogP contribution in [0.25, 0.3) is 0 Å². The topological polar surface area (TPSA) is 97.5 Å². The number of hydrogen-bond acceptors (Lipinski definition) is 4. The molecule has 1 aliphatic rings. The first kappa shape index (κ1) is 20.4. The summed E-state index contributed by atoms with van der Waals surface area (Å²) in [5, 5.41) is 4.65. The van der Waals surface area contributed by atoms with E-state index in [2.05, 4.69) is 0 Å². The fraction of sp³-hybridized carbons (Fsp3) is 0.538. The van der Waals surface area contributed by atoms with Gasteiger partial charge in [0.15, 0.2) is 0 Å². The first-order valence-electron chi connectivity index (χ1n) is 7.18. The molecule has 0 saturated carbocycles. The summed E-state index contributed by atoms with van der Waals surface area (Å²) in [4.78, 5) is -0.653. The number of primary sulfonamides is 1. The summed E-state index contributed by atoms with van der Waals surface area (Å²) in [6.07, 6.45) is -3.89. The number of halogens is 4. The Balaban J connectivity index is 2.35. The molecular formula is C13H16ClF3N2O4S2. The summed E-state index contributed by atoms with van der Waals surface area (Å²) in [7, 11) is -8.09. The SMILES string of the molecule is NS(=O)(=O)CC1CCCN(S(=O)(=O)c2cc(C(F)(F)F)ccc2Cl)C1. The van der Waals surface area contributed by atoms with E-state index in [1.54, 1.807) is 0 Å². The zero-order valence-electron chi connectivity index (χ0n) is 12.8. The van der Waals surface area contributed by atoms with Crippen molar-refractivity contribution >= 4 is 31.6 Å². The molecule has 0 bridgehead atoms. The fourth-order valence-corrected chi connectivity index (χ4v) is 5.71. The molecule has 6 nitrogen and oxygen atoms in total. The summed E-state index contributed by atoms with van der Waals surface area (Å²) in [6.45, 7) is -0.0820. The molecular weight excluding hydrogens is 405 g/mol. The van der Waals surface area contributed by atoms with Crippen molar-refractivity contribution in [3.63, 3.8) is 0 Å². The molecule has 0 radical (unpaired) electrons. The number of rotatable bonds is 4. The van der Waals surface area contributed by atoms with Gasteiger partial charge in [0, 0.05) is 13.1 Å². The van der Waals surface area contributed by atoms with Gasteiger partial charge in [0.05, 0.1) is 16.3 Å². The Morgan fingerprint density at radius 2 is 1.88 bits per heavy atom. The van der Waals surface area contributed by atoms with Crippen LogP contribution >= 0.6 is 11.6 Å². The molecule has 0 amide bonds. The van der Waals surface area contributed by atoms with E-state index < -0.39 is 48.4 Å². The lowest BCUT2D eigenvalue weighted by atomic mass is 10.0. The smallest absolute Gasteiger partial charge is 0.229 e. The maximum Gasteiger partial charge on any atom is 0.416 e. The van der Waals surface area contributed by atoms with Crippen LogP contribution in [0, 0.1) is 5.92 Å². The van der Waals surface area contributed by atoms with Crippen molar-refractivity contribution in [1.29, 1.82) is 0 Å². The summed E-state index contributed by atoms with van der Waals surface area (Å²) >= 11 is 5.80. The van der Waals surface area contributed by atoms with Gasteiger partial charge >= 0.3 is 6.18 Å². The molecule has 25 heavy (non-hydrogen) atoms. The van der Waals surface area contributed by atoms with E-state index >= 15 is 0 Å². The summed E-state index contributed by atoms with van der Waals surface area (Å²) < 4.78 is 87.3. The Morgan fingerprint density at radius 1 is 1.24 bits per heavy atom. The molecule has 1 aromatic carbocycles. The zero-order chi connectivity index (χ0) is 19.0. The van der Waals surface area contributed by atoms with Crippen LogP contribution in [-0.4, -0.2) is 40.0 Å². The van der Waals surface area contributed by atoms with Crippen LogP contribution in [0.5, 0.6) is 0 Å². The quantitative estimate of drug-likeness (QED) is 0.806. The molecule has 1 aromatic rings. The van der Waals surface area contributed by atoms with Gasteiger partial charge in [-0.1, -0.05) is 11.6 Å². The monoisotopic (exact) mass is 420 g/mol. The Hall–Kier alpha value is -0.880. The molecule has 142 valence electrons. The number of nitrogens with two attached hydrogens (primary N) is 1. The third-order valence-electron chi connectivity index (χ3n) is 3.83. The number of sulfonamides is 2. The van der Waals surface area contributed by atoms with Gasteiger partial charge in [-0.3, -0.25) is 0 Å².